The molecule has 4 heterocycles. The van der Waals surface area contributed by atoms with Gasteiger partial charge in [0, 0.05) is 49.1 Å². The van der Waals surface area contributed by atoms with Crippen molar-refractivity contribution in [2.75, 3.05) is 31.6 Å². The first kappa shape index (κ1) is 22.0. The monoisotopic (exact) mass is 468 g/mol. The SMILES string of the molecule is COc1ccc(C(=O)N2CCCC[C@H]2c2cc3nc(N4CC[C@H](N)C4)c(C)cn3n2)cc1Cl. The van der Waals surface area contributed by atoms with Gasteiger partial charge in [-0.15, -0.1) is 0 Å². The minimum absolute atomic E-state index is 0.0443. The number of carbonyl (C=O) groups excluding carboxylic acids is 1. The van der Waals surface area contributed by atoms with Crippen LogP contribution in [-0.2, 0) is 0 Å². The molecule has 0 aliphatic carbocycles. The highest BCUT2D eigenvalue weighted by Gasteiger charge is 2.31. The Labute approximate surface area is 198 Å². The van der Waals surface area contributed by atoms with Gasteiger partial charge < -0.3 is 20.3 Å². The highest BCUT2D eigenvalue weighted by atomic mass is 35.5. The van der Waals surface area contributed by atoms with E-state index in [1.807, 2.05) is 21.7 Å². The van der Waals surface area contributed by atoms with Crippen molar-refractivity contribution < 1.29 is 9.53 Å². The summed E-state index contributed by atoms with van der Waals surface area (Å²) >= 11 is 6.28. The van der Waals surface area contributed by atoms with Crippen LogP contribution in [0.4, 0.5) is 5.82 Å². The largest absolute Gasteiger partial charge is 0.495 e. The molecule has 2 atom stereocenters. The third kappa shape index (κ3) is 4.13. The van der Waals surface area contributed by atoms with E-state index in [1.165, 1.54) is 0 Å². The quantitative estimate of drug-likeness (QED) is 0.629. The topological polar surface area (TPSA) is 89.0 Å². The van der Waals surface area contributed by atoms with Crippen molar-refractivity contribution in [2.45, 2.75) is 44.7 Å². The maximum atomic E-state index is 13.4. The Morgan fingerprint density at radius 3 is 2.79 bits per heavy atom. The average molecular weight is 469 g/mol. The van der Waals surface area contributed by atoms with Crippen LogP contribution in [0.5, 0.6) is 5.75 Å². The number of nitrogens with two attached hydrogens (primary N) is 1. The van der Waals surface area contributed by atoms with E-state index in [2.05, 4.69) is 11.8 Å². The molecule has 2 saturated heterocycles. The minimum atomic E-state index is -0.0993. The zero-order valence-electron chi connectivity index (χ0n) is 19.0. The molecule has 0 bridgehead atoms. The van der Waals surface area contributed by atoms with Crippen molar-refractivity contribution in [3.8, 4) is 5.75 Å². The lowest BCUT2D eigenvalue weighted by atomic mass is 9.98. The first-order valence-electron chi connectivity index (χ1n) is 11.5. The van der Waals surface area contributed by atoms with E-state index in [9.17, 15) is 4.79 Å². The Kier molecular flexibility index (Phi) is 5.88. The molecule has 2 N–H and O–H groups in total. The number of aromatic nitrogens is 3. The number of hydrogen-bond acceptors (Lipinski definition) is 6. The molecule has 3 aromatic rings. The third-order valence-corrected chi connectivity index (χ3v) is 6.95. The number of methoxy groups -OCH3 is 1. The molecule has 2 aromatic heterocycles. The molecular weight excluding hydrogens is 440 g/mol. The van der Waals surface area contributed by atoms with Crippen molar-refractivity contribution in [2.24, 2.45) is 5.73 Å². The summed E-state index contributed by atoms with van der Waals surface area (Å²) in [6.45, 7) is 4.48. The number of carbonyl (C=O) groups is 1. The van der Waals surface area contributed by atoms with E-state index in [0.29, 0.717) is 22.9 Å². The Balaban J connectivity index is 1.45. The van der Waals surface area contributed by atoms with E-state index in [1.54, 1.807) is 25.3 Å². The lowest BCUT2D eigenvalue weighted by molar-refractivity contribution is 0.0605. The number of anilines is 1. The highest BCUT2D eigenvalue weighted by molar-refractivity contribution is 6.32. The average Bonchev–Trinajstić information content (AvgIpc) is 3.43. The predicted octanol–water partition coefficient (Wildman–Crippen LogP) is 3.60. The molecule has 1 aromatic carbocycles. The molecule has 0 radical (unpaired) electrons. The van der Waals surface area contributed by atoms with Crippen LogP contribution in [0.2, 0.25) is 5.02 Å². The summed E-state index contributed by atoms with van der Waals surface area (Å²) < 4.78 is 7.05. The van der Waals surface area contributed by atoms with Gasteiger partial charge in [0.15, 0.2) is 5.65 Å². The molecule has 0 spiro atoms. The number of likely N-dealkylation sites (tertiary alicyclic amines) is 1. The summed E-state index contributed by atoms with van der Waals surface area (Å²) in [5.41, 5.74) is 9.38. The van der Waals surface area contributed by atoms with Crippen LogP contribution in [0.15, 0.2) is 30.5 Å². The third-order valence-electron chi connectivity index (χ3n) is 6.65. The number of rotatable bonds is 4. The van der Waals surface area contributed by atoms with Crippen molar-refractivity contribution in [1.29, 1.82) is 0 Å². The smallest absolute Gasteiger partial charge is 0.254 e. The second-order valence-electron chi connectivity index (χ2n) is 8.97. The van der Waals surface area contributed by atoms with Crippen molar-refractivity contribution in [3.05, 3.63) is 52.3 Å². The normalized spacial score (nSPS) is 21.1. The fourth-order valence-electron chi connectivity index (χ4n) is 4.93. The van der Waals surface area contributed by atoms with Crippen LogP contribution < -0.4 is 15.4 Å². The van der Waals surface area contributed by atoms with Crippen LogP contribution >= 0.6 is 11.6 Å². The molecule has 33 heavy (non-hydrogen) atoms. The summed E-state index contributed by atoms with van der Waals surface area (Å²) in [6, 6.07) is 7.28. The number of aryl methyl sites for hydroxylation is 1. The van der Waals surface area contributed by atoms with Gasteiger partial charge in [0.25, 0.3) is 5.91 Å². The molecule has 174 valence electrons. The zero-order valence-corrected chi connectivity index (χ0v) is 19.8. The van der Waals surface area contributed by atoms with Gasteiger partial charge in [0.1, 0.15) is 11.6 Å². The fourth-order valence-corrected chi connectivity index (χ4v) is 5.19. The van der Waals surface area contributed by atoms with Gasteiger partial charge in [-0.2, -0.15) is 5.10 Å². The summed E-state index contributed by atoms with van der Waals surface area (Å²) in [5.74, 6) is 1.48. The highest BCUT2D eigenvalue weighted by Crippen LogP contribution is 2.34. The summed E-state index contributed by atoms with van der Waals surface area (Å²) in [7, 11) is 1.56. The summed E-state index contributed by atoms with van der Waals surface area (Å²) in [5, 5.41) is 5.25. The van der Waals surface area contributed by atoms with Crippen LogP contribution in [0.1, 0.15) is 53.3 Å². The number of benzene rings is 1. The molecule has 2 aliphatic rings. The Hall–Kier alpha value is -2.84. The van der Waals surface area contributed by atoms with Crippen molar-refractivity contribution in [1.82, 2.24) is 19.5 Å². The Bertz CT molecular complexity index is 1200. The van der Waals surface area contributed by atoms with E-state index in [0.717, 1.165) is 61.5 Å². The molecule has 0 saturated carbocycles. The number of piperidine rings is 1. The molecule has 9 heteroatoms. The van der Waals surface area contributed by atoms with Crippen LogP contribution in [-0.4, -0.2) is 58.2 Å². The first-order chi connectivity index (χ1) is 15.9. The van der Waals surface area contributed by atoms with E-state index >= 15 is 0 Å². The molecule has 5 rings (SSSR count). The molecule has 0 unspecified atom stereocenters. The molecule has 2 aliphatic heterocycles. The standard InChI is InChI=1S/C24H29ClN6O2/c1-15-13-31-22(27-23(15)29-10-8-17(26)14-29)12-19(28-31)20-5-3-4-9-30(20)24(32)16-6-7-21(33-2)18(25)11-16/h6-7,11-13,17,20H,3-5,8-10,14,26H2,1-2H3/t17-,20-/m0/s1. The van der Waals surface area contributed by atoms with Crippen LogP contribution in [0.3, 0.4) is 0 Å². The molecule has 1 amide bonds. The van der Waals surface area contributed by atoms with Gasteiger partial charge in [-0.3, -0.25) is 4.79 Å². The Morgan fingerprint density at radius 1 is 1.21 bits per heavy atom. The van der Waals surface area contributed by atoms with E-state index in [-0.39, 0.29) is 18.0 Å². The van der Waals surface area contributed by atoms with Gasteiger partial charge in [0.05, 0.1) is 23.9 Å². The summed E-state index contributed by atoms with van der Waals surface area (Å²) in [4.78, 5) is 22.5. The number of ether oxygens (including phenoxy) is 1. The first-order valence-corrected chi connectivity index (χ1v) is 11.8. The number of hydrogen-bond donors (Lipinski definition) is 1. The van der Waals surface area contributed by atoms with Gasteiger partial charge in [-0.1, -0.05) is 11.6 Å². The predicted molar refractivity (Wildman–Crippen MR) is 128 cm³/mol. The van der Waals surface area contributed by atoms with E-state index < -0.39 is 0 Å². The van der Waals surface area contributed by atoms with Gasteiger partial charge in [0.2, 0.25) is 0 Å². The Morgan fingerprint density at radius 2 is 2.06 bits per heavy atom. The number of nitrogens with zero attached hydrogens (tertiary/aromatic N) is 5. The molecule has 2 fully saturated rings. The minimum Gasteiger partial charge on any atom is -0.495 e. The molecule has 8 nitrogen and oxygen atoms in total. The van der Waals surface area contributed by atoms with E-state index in [4.69, 9.17) is 32.2 Å². The zero-order chi connectivity index (χ0) is 23.1. The van der Waals surface area contributed by atoms with Gasteiger partial charge >= 0.3 is 0 Å². The van der Waals surface area contributed by atoms with Crippen molar-refractivity contribution >= 4 is 29.0 Å². The maximum absolute atomic E-state index is 13.4. The maximum Gasteiger partial charge on any atom is 0.254 e. The lowest BCUT2D eigenvalue weighted by Crippen LogP contribution is -2.38. The van der Waals surface area contributed by atoms with Crippen LogP contribution in [0.25, 0.3) is 5.65 Å². The fraction of sp³-hybridized carbons (Fsp3) is 0.458. The van der Waals surface area contributed by atoms with Crippen LogP contribution in [0, 0.1) is 6.92 Å². The number of amides is 1. The lowest BCUT2D eigenvalue weighted by Gasteiger charge is -2.34. The molecular formula is C24H29ClN6O2. The number of halogens is 1. The van der Waals surface area contributed by atoms with Gasteiger partial charge in [-0.05, 0) is 50.8 Å². The summed E-state index contributed by atoms with van der Waals surface area (Å²) in [6.07, 6.45) is 5.88. The number of fused-ring (bicyclic) bond motifs is 1. The van der Waals surface area contributed by atoms with Gasteiger partial charge in [-0.25, -0.2) is 9.50 Å². The van der Waals surface area contributed by atoms with Crippen molar-refractivity contribution in [3.63, 3.8) is 0 Å². The second-order valence-corrected chi connectivity index (χ2v) is 9.38. The second kappa shape index (κ2) is 8.83.